The van der Waals surface area contributed by atoms with Gasteiger partial charge >= 0.3 is 0 Å². The Morgan fingerprint density at radius 2 is 1.52 bits per heavy atom. The van der Waals surface area contributed by atoms with Crippen LogP contribution in [0, 0.1) is 0 Å². The third kappa shape index (κ3) is 4.23. The predicted octanol–water partition coefficient (Wildman–Crippen LogP) is 2.07. The molecule has 2 N–H and O–H groups in total. The van der Waals surface area contributed by atoms with Crippen molar-refractivity contribution in [2.24, 2.45) is 0 Å². The second-order valence-electron chi connectivity index (χ2n) is 4.63. The molecule has 2 aromatic carbocycles. The molecule has 6 heteroatoms. The molecule has 2 amide bonds. The zero-order valence-corrected chi connectivity index (χ0v) is 13.0. The smallest absolute Gasteiger partial charge is 0.255 e. The number of nitrogens with one attached hydrogen (secondary N) is 2. The van der Waals surface area contributed by atoms with Gasteiger partial charge in [0.05, 0.1) is 32.0 Å². The summed E-state index contributed by atoms with van der Waals surface area (Å²) in [4.78, 5) is 24.1. The molecule has 120 valence electrons. The minimum Gasteiger partial charge on any atom is -0.496 e. The van der Waals surface area contributed by atoms with Crippen LogP contribution in [0.2, 0.25) is 0 Å². The van der Waals surface area contributed by atoms with Gasteiger partial charge in [-0.2, -0.15) is 0 Å². The van der Waals surface area contributed by atoms with Crippen molar-refractivity contribution in [1.82, 2.24) is 5.32 Å². The average molecular weight is 314 g/mol. The molecular formula is C17H18N2O4. The number of rotatable bonds is 6. The fraction of sp³-hybridized carbons (Fsp3) is 0.176. The highest BCUT2D eigenvalue weighted by Gasteiger charge is 2.13. The summed E-state index contributed by atoms with van der Waals surface area (Å²) in [6, 6.07) is 13.9. The summed E-state index contributed by atoms with van der Waals surface area (Å²) >= 11 is 0. The van der Waals surface area contributed by atoms with Gasteiger partial charge < -0.3 is 20.1 Å². The van der Waals surface area contributed by atoms with E-state index in [1.54, 1.807) is 48.5 Å². The highest BCUT2D eigenvalue weighted by Crippen LogP contribution is 2.22. The molecule has 2 aromatic rings. The van der Waals surface area contributed by atoms with Crippen LogP contribution in [0.4, 0.5) is 5.69 Å². The second-order valence-corrected chi connectivity index (χ2v) is 4.63. The Hall–Kier alpha value is -3.02. The zero-order chi connectivity index (χ0) is 16.7. The normalized spacial score (nSPS) is 9.83. The first-order chi connectivity index (χ1) is 11.2. The van der Waals surface area contributed by atoms with E-state index in [0.29, 0.717) is 22.7 Å². The van der Waals surface area contributed by atoms with Crippen LogP contribution >= 0.6 is 0 Å². The summed E-state index contributed by atoms with van der Waals surface area (Å²) in [5.74, 6) is 0.280. The van der Waals surface area contributed by atoms with E-state index in [1.807, 2.05) is 0 Å². The quantitative estimate of drug-likeness (QED) is 0.856. The molecule has 2 rings (SSSR count). The van der Waals surface area contributed by atoms with E-state index in [-0.39, 0.29) is 18.4 Å². The molecular weight excluding hydrogens is 296 g/mol. The lowest BCUT2D eigenvalue weighted by Gasteiger charge is -2.11. The van der Waals surface area contributed by atoms with E-state index in [1.165, 1.54) is 14.2 Å². The Labute approximate surface area is 134 Å². The van der Waals surface area contributed by atoms with Crippen molar-refractivity contribution < 1.29 is 19.1 Å². The predicted molar refractivity (Wildman–Crippen MR) is 87.0 cm³/mol. The molecule has 0 aliphatic heterocycles. The fourth-order valence-electron chi connectivity index (χ4n) is 2.03. The number of amides is 2. The van der Waals surface area contributed by atoms with Gasteiger partial charge in [-0.3, -0.25) is 9.59 Å². The van der Waals surface area contributed by atoms with Gasteiger partial charge in [0.25, 0.3) is 5.91 Å². The molecule has 0 atom stereocenters. The topological polar surface area (TPSA) is 76.7 Å². The van der Waals surface area contributed by atoms with Crippen molar-refractivity contribution in [3.8, 4) is 11.5 Å². The summed E-state index contributed by atoms with van der Waals surface area (Å²) in [5, 5.41) is 5.25. The number of methoxy groups -OCH3 is 2. The van der Waals surface area contributed by atoms with E-state index in [2.05, 4.69) is 10.6 Å². The van der Waals surface area contributed by atoms with Crippen molar-refractivity contribution in [3.05, 3.63) is 54.1 Å². The van der Waals surface area contributed by atoms with Crippen LogP contribution in [0.1, 0.15) is 10.4 Å². The zero-order valence-electron chi connectivity index (χ0n) is 13.0. The van der Waals surface area contributed by atoms with Crippen LogP contribution in [-0.2, 0) is 4.79 Å². The highest BCUT2D eigenvalue weighted by atomic mass is 16.5. The third-order valence-electron chi connectivity index (χ3n) is 3.14. The molecule has 6 nitrogen and oxygen atoms in total. The maximum absolute atomic E-state index is 12.1. The molecule has 0 heterocycles. The molecule has 0 saturated heterocycles. The molecule has 0 aliphatic rings. The van der Waals surface area contributed by atoms with Crippen LogP contribution in [0.5, 0.6) is 11.5 Å². The van der Waals surface area contributed by atoms with E-state index in [9.17, 15) is 9.59 Å². The van der Waals surface area contributed by atoms with Crippen molar-refractivity contribution in [1.29, 1.82) is 0 Å². The molecule has 0 aliphatic carbocycles. The largest absolute Gasteiger partial charge is 0.496 e. The van der Waals surface area contributed by atoms with Crippen LogP contribution in [-0.4, -0.2) is 32.6 Å². The molecule has 0 radical (unpaired) electrons. The minimum atomic E-state index is -0.377. The molecule has 0 spiro atoms. The minimum absolute atomic E-state index is 0.158. The van der Waals surface area contributed by atoms with Gasteiger partial charge in [0.1, 0.15) is 11.5 Å². The van der Waals surface area contributed by atoms with Gasteiger partial charge in [0, 0.05) is 0 Å². The maximum Gasteiger partial charge on any atom is 0.255 e. The molecule has 0 saturated carbocycles. The Kier molecular flexibility index (Phi) is 5.57. The Morgan fingerprint density at radius 3 is 2.22 bits per heavy atom. The average Bonchev–Trinajstić information content (AvgIpc) is 2.60. The molecule has 0 bridgehead atoms. The lowest BCUT2D eigenvalue weighted by Crippen LogP contribution is -2.33. The van der Waals surface area contributed by atoms with Gasteiger partial charge in [-0.15, -0.1) is 0 Å². The lowest BCUT2D eigenvalue weighted by atomic mass is 10.2. The van der Waals surface area contributed by atoms with Crippen molar-refractivity contribution >= 4 is 17.5 Å². The summed E-state index contributed by atoms with van der Waals surface area (Å²) in [6.45, 7) is -0.158. The Morgan fingerprint density at radius 1 is 0.913 bits per heavy atom. The van der Waals surface area contributed by atoms with Gasteiger partial charge in [0.2, 0.25) is 5.91 Å². The molecule has 23 heavy (non-hydrogen) atoms. The van der Waals surface area contributed by atoms with Crippen LogP contribution in [0.15, 0.2) is 48.5 Å². The van der Waals surface area contributed by atoms with E-state index in [4.69, 9.17) is 9.47 Å². The molecule has 0 aromatic heterocycles. The van der Waals surface area contributed by atoms with Crippen LogP contribution in [0.25, 0.3) is 0 Å². The van der Waals surface area contributed by atoms with Crippen molar-refractivity contribution in [2.45, 2.75) is 0 Å². The number of benzene rings is 2. The Bertz CT molecular complexity index is 700. The van der Waals surface area contributed by atoms with Crippen LogP contribution < -0.4 is 20.1 Å². The SMILES string of the molecule is COc1ccccc1NC(=O)CNC(=O)c1ccccc1OC. The summed E-state index contributed by atoms with van der Waals surface area (Å²) < 4.78 is 10.3. The first-order valence-corrected chi connectivity index (χ1v) is 6.99. The monoisotopic (exact) mass is 314 g/mol. The highest BCUT2D eigenvalue weighted by molar-refractivity contribution is 6.01. The summed E-state index contributed by atoms with van der Waals surface area (Å²) in [7, 11) is 3.01. The van der Waals surface area contributed by atoms with Gasteiger partial charge in [0.15, 0.2) is 0 Å². The number of hydrogen-bond acceptors (Lipinski definition) is 4. The first kappa shape index (κ1) is 16.4. The standard InChI is InChI=1S/C17H18N2O4/c1-22-14-9-5-3-7-12(14)17(21)18-11-16(20)19-13-8-4-6-10-15(13)23-2/h3-10H,11H2,1-2H3,(H,18,21)(H,19,20). The number of anilines is 1. The molecule has 0 unspecified atom stereocenters. The fourth-order valence-corrected chi connectivity index (χ4v) is 2.03. The number of hydrogen-bond donors (Lipinski definition) is 2. The van der Waals surface area contributed by atoms with E-state index in [0.717, 1.165) is 0 Å². The van der Waals surface area contributed by atoms with Gasteiger partial charge in [-0.05, 0) is 24.3 Å². The summed E-state index contributed by atoms with van der Waals surface area (Å²) in [6.07, 6.45) is 0. The van der Waals surface area contributed by atoms with Crippen molar-refractivity contribution in [2.75, 3.05) is 26.1 Å². The third-order valence-corrected chi connectivity index (χ3v) is 3.14. The number of carbonyl (C=O) groups excluding carboxylic acids is 2. The van der Waals surface area contributed by atoms with Crippen LogP contribution in [0.3, 0.4) is 0 Å². The maximum atomic E-state index is 12.1. The number of ether oxygens (including phenoxy) is 2. The lowest BCUT2D eigenvalue weighted by molar-refractivity contribution is -0.115. The van der Waals surface area contributed by atoms with Gasteiger partial charge in [-0.1, -0.05) is 24.3 Å². The first-order valence-electron chi connectivity index (χ1n) is 6.99. The van der Waals surface area contributed by atoms with Crippen molar-refractivity contribution in [3.63, 3.8) is 0 Å². The van der Waals surface area contributed by atoms with Gasteiger partial charge in [-0.25, -0.2) is 0 Å². The van der Waals surface area contributed by atoms with E-state index >= 15 is 0 Å². The second kappa shape index (κ2) is 7.84. The van der Waals surface area contributed by atoms with E-state index < -0.39 is 0 Å². The molecule has 0 fully saturated rings. The Balaban J connectivity index is 1.95. The number of carbonyl (C=O) groups is 2. The number of para-hydroxylation sites is 3. The summed E-state index contributed by atoms with van der Waals surface area (Å²) in [5.41, 5.74) is 0.923.